The molecule has 0 aliphatic carbocycles. The third-order valence-corrected chi connectivity index (χ3v) is 1.44. The number of aliphatic imine (C=N–C) groups is 1. The van der Waals surface area contributed by atoms with E-state index in [1.165, 1.54) is 6.92 Å². The van der Waals surface area contributed by atoms with Gasteiger partial charge in [-0.05, 0) is 6.92 Å². The van der Waals surface area contributed by atoms with Gasteiger partial charge in [-0.15, -0.1) is 0 Å². The van der Waals surface area contributed by atoms with E-state index in [0.29, 0.717) is 5.90 Å². The minimum absolute atomic E-state index is 0.0427. The molecule has 66 valence electrons. The molecular formula is C7H10N2O3. The predicted molar refractivity (Wildman–Crippen MR) is 41.7 cm³/mol. The number of primary amides is 1. The molecule has 1 aliphatic rings. The molecule has 5 nitrogen and oxygen atoms in total. The average Bonchev–Trinajstić information content (AvgIpc) is 2.34. The number of ether oxygens (including phenoxy) is 1. The van der Waals surface area contributed by atoms with Gasteiger partial charge in [0.05, 0.1) is 6.42 Å². The summed E-state index contributed by atoms with van der Waals surface area (Å²) in [6.45, 7) is 1.60. The maximum Gasteiger partial charge on any atom is 0.245 e. The largest absolute Gasteiger partial charge is 0.478 e. The van der Waals surface area contributed by atoms with Crippen LogP contribution in [-0.4, -0.2) is 30.2 Å². The lowest BCUT2D eigenvalue weighted by Crippen LogP contribution is -2.27. The van der Waals surface area contributed by atoms with E-state index in [1.807, 2.05) is 0 Å². The van der Waals surface area contributed by atoms with Crippen molar-refractivity contribution in [3.8, 4) is 0 Å². The number of hydrogen-bond acceptors (Lipinski definition) is 4. The maximum atomic E-state index is 10.6. The summed E-state index contributed by atoms with van der Waals surface area (Å²) in [6.07, 6.45) is 0.143. The molecule has 0 radical (unpaired) electrons. The van der Waals surface area contributed by atoms with Crippen molar-refractivity contribution in [3.63, 3.8) is 0 Å². The van der Waals surface area contributed by atoms with Crippen molar-refractivity contribution in [2.45, 2.75) is 19.4 Å². The van der Waals surface area contributed by atoms with E-state index in [0.717, 1.165) is 0 Å². The highest BCUT2D eigenvalue weighted by Crippen LogP contribution is 2.06. The minimum atomic E-state index is -0.612. The second kappa shape index (κ2) is 3.34. The molecule has 5 heteroatoms. The van der Waals surface area contributed by atoms with Gasteiger partial charge in [-0.25, -0.2) is 4.99 Å². The smallest absolute Gasteiger partial charge is 0.245 e. The number of amides is 1. The highest BCUT2D eigenvalue weighted by atomic mass is 16.5. The van der Waals surface area contributed by atoms with Gasteiger partial charge >= 0.3 is 0 Å². The lowest BCUT2D eigenvalue weighted by molar-refractivity contribution is -0.119. The Labute approximate surface area is 69.6 Å². The van der Waals surface area contributed by atoms with Crippen molar-refractivity contribution in [2.24, 2.45) is 10.7 Å². The number of carbonyl (C=O) groups is 2. The summed E-state index contributed by atoms with van der Waals surface area (Å²) in [5, 5.41) is 0. The minimum Gasteiger partial charge on any atom is -0.478 e. The molecular weight excluding hydrogens is 160 g/mol. The second-order valence-electron chi connectivity index (χ2n) is 2.63. The van der Waals surface area contributed by atoms with Crippen LogP contribution in [0, 0.1) is 0 Å². The molecule has 0 saturated heterocycles. The van der Waals surface area contributed by atoms with E-state index in [2.05, 4.69) is 4.99 Å². The molecule has 0 spiro atoms. The first-order valence-corrected chi connectivity index (χ1v) is 3.58. The molecule has 12 heavy (non-hydrogen) atoms. The Morgan fingerprint density at radius 1 is 1.75 bits per heavy atom. The van der Waals surface area contributed by atoms with E-state index >= 15 is 0 Å². The Balaban J connectivity index is 2.54. The monoisotopic (exact) mass is 170 g/mol. The van der Waals surface area contributed by atoms with Crippen LogP contribution in [0.1, 0.15) is 13.3 Å². The van der Waals surface area contributed by atoms with Gasteiger partial charge in [-0.1, -0.05) is 0 Å². The number of Topliss-reactive ketones (excluding diaryl/α,β-unsaturated/α-hetero) is 1. The van der Waals surface area contributed by atoms with E-state index in [9.17, 15) is 9.59 Å². The molecule has 1 rings (SSSR count). The molecule has 0 bridgehead atoms. The topological polar surface area (TPSA) is 81.8 Å². The number of rotatable bonds is 3. The first-order valence-electron chi connectivity index (χ1n) is 3.58. The van der Waals surface area contributed by atoms with Gasteiger partial charge in [0.15, 0.2) is 11.9 Å². The number of ketones is 1. The Morgan fingerprint density at radius 3 is 2.83 bits per heavy atom. The fourth-order valence-corrected chi connectivity index (χ4v) is 0.879. The van der Waals surface area contributed by atoms with Crippen molar-refractivity contribution in [1.82, 2.24) is 0 Å². The van der Waals surface area contributed by atoms with Crippen LogP contribution >= 0.6 is 0 Å². The SMILES string of the molecule is CC(=O)CC1=NC(C(N)=O)CO1. The first-order chi connectivity index (χ1) is 5.59. The van der Waals surface area contributed by atoms with Crippen molar-refractivity contribution in [2.75, 3.05) is 6.61 Å². The maximum absolute atomic E-state index is 10.6. The summed E-state index contributed by atoms with van der Waals surface area (Å²) in [7, 11) is 0. The zero-order valence-electron chi connectivity index (χ0n) is 6.74. The lowest BCUT2D eigenvalue weighted by atomic mass is 10.3. The predicted octanol–water partition coefficient (Wildman–Crippen LogP) is -0.752. The second-order valence-corrected chi connectivity index (χ2v) is 2.63. The molecule has 0 fully saturated rings. The molecule has 1 amide bonds. The highest BCUT2D eigenvalue weighted by Gasteiger charge is 2.23. The van der Waals surface area contributed by atoms with E-state index in [-0.39, 0.29) is 18.8 Å². The molecule has 0 aromatic rings. The standard InChI is InChI=1S/C7H10N2O3/c1-4(10)2-6-9-5(3-12-6)7(8)11/h5H,2-3H2,1H3,(H2,8,11). The molecule has 1 aliphatic heterocycles. The van der Waals surface area contributed by atoms with Crippen LogP contribution in [0.3, 0.4) is 0 Å². The van der Waals surface area contributed by atoms with Crippen LogP contribution < -0.4 is 5.73 Å². The summed E-state index contributed by atoms with van der Waals surface area (Å²) >= 11 is 0. The summed E-state index contributed by atoms with van der Waals surface area (Å²) in [6, 6.07) is -0.612. The zero-order chi connectivity index (χ0) is 9.14. The van der Waals surface area contributed by atoms with Crippen molar-refractivity contribution >= 4 is 17.6 Å². The van der Waals surface area contributed by atoms with Crippen LogP contribution in [0.4, 0.5) is 0 Å². The average molecular weight is 170 g/mol. The quantitative estimate of drug-likeness (QED) is 0.604. The summed E-state index contributed by atoms with van der Waals surface area (Å²) in [5.41, 5.74) is 4.98. The highest BCUT2D eigenvalue weighted by molar-refractivity contribution is 5.99. The van der Waals surface area contributed by atoms with Crippen LogP contribution in [0.5, 0.6) is 0 Å². The van der Waals surface area contributed by atoms with Gasteiger partial charge in [-0.3, -0.25) is 9.59 Å². The van der Waals surface area contributed by atoms with Crippen molar-refractivity contribution in [3.05, 3.63) is 0 Å². The number of nitrogens with zero attached hydrogens (tertiary/aromatic N) is 1. The molecule has 1 heterocycles. The summed E-state index contributed by atoms with van der Waals surface area (Å²) in [4.78, 5) is 25.0. The van der Waals surface area contributed by atoms with Gasteiger partial charge in [0, 0.05) is 0 Å². The lowest BCUT2D eigenvalue weighted by Gasteiger charge is -1.96. The van der Waals surface area contributed by atoms with E-state index in [1.54, 1.807) is 0 Å². The van der Waals surface area contributed by atoms with Gasteiger partial charge < -0.3 is 10.5 Å². The van der Waals surface area contributed by atoms with Crippen LogP contribution in [-0.2, 0) is 14.3 Å². The van der Waals surface area contributed by atoms with Crippen LogP contribution in [0.15, 0.2) is 4.99 Å². The number of hydrogen-bond donors (Lipinski definition) is 1. The molecule has 0 aromatic heterocycles. The molecule has 1 unspecified atom stereocenters. The fraction of sp³-hybridized carbons (Fsp3) is 0.571. The molecule has 0 saturated carbocycles. The Bertz CT molecular complexity index is 247. The third kappa shape index (κ3) is 2.05. The summed E-state index contributed by atoms with van der Waals surface area (Å²) < 4.78 is 4.97. The Hall–Kier alpha value is -1.39. The van der Waals surface area contributed by atoms with Gasteiger partial charge in [-0.2, -0.15) is 0 Å². The molecule has 2 N–H and O–H groups in total. The molecule has 0 aromatic carbocycles. The van der Waals surface area contributed by atoms with Crippen molar-refractivity contribution in [1.29, 1.82) is 0 Å². The van der Waals surface area contributed by atoms with E-state index < -0.39 is 11.9 Å². The third-order valence-electron chi connectivity index (χ3n) is 1.44. The van der Waals surface area contributed by atoms with Crippen LogP contribution in [0.2, 0.25) is 0 Å². The van der Waals surface area contributed by atoms with Crippen LogP contribution in [0.25, 0.3) is 0 Å². The van der Waals surface area contributed by atoms with Gasteiger partial charge in [0.1, 0.15) is 12.4 Å². The zero-order valence-corrected chi connectivity index (χ0v) is 6.74. The Kier molecular flexibility index (Phi) is 2.42. The van der Waals surface area contributed by atoms with Gasteiger partial charge in [0.25, 0.3) is 0 Å². The molecule has 1 atom stereocenters. The number of nitrogens with two attached hydrogens (primary N) is 1. The van der Waals surface area contributed by atoms with Crippen molar-refractivity contribution < 1.29 is 14.3 Å². The van der Waals surface area contributed by atoms with E-state index in [4.69, 9.17) is 10.5 Å². The fourth-order valence-electron chi connectivity index (χ4n) is 0.879. The van der Waals surface area contributed by atoms with Gasteiger partial charge in [0.2, 0.25) is 5.91 Å². The normalized spacial score (nSPS) is 21.4. The Morgan fingerprint density at radius 2 is 2.42 bits per heavy atom. The summed E-state index contributed by atoms with van der Waals surface area (Å²) in [5.74, 6) is -0.251. The first kappa shape index (κ1) is 8.70. The number of carbonyl (C=O) groups excluding carboxylic acids is 2.